The lowest BCUT2D eigenvalue weighted by molar-refractivity contribution is -0.141. The largest absolute Gasteiger partial charge is 0.408 e. The van der Waals surface area contributed by atoms with Crippen molar-refractivity contribution in [1.82, 2.24) is 25.0 Å². The molecule has 3 atom stereocenters. The lowest BCUT2D eigenvalue weighted by Gasteiger charge is -2.58. The van der Waals surface area contributed by atoms with Gasteiger partial charge in [-0.3, -0.25) is 14.4 Å². The molecule has 4 heterocycles. The Morgan fingerprint density at radius 2 is 2.19 bits per heavy atom. The van der Waals surface area contributed by atoms with Crippen molar-refractivity contribution in [1.29, 1.82) is 0 Å². The first kappa shape index (κ1) is 19.2. The van der Waals surface area contributed by atoms with Gasteiger partial charge in [0.05, 0.1) is 5.52 Å². The molecule has 6 nitrogen and oxygen atoms in total. The number of benzene rings is 1. The van der Waals surface area contributed by atoms with E-state index in [1.165, 1.54) is 24.2 Å². The van der Waals surface area contributed by atoms with Gasteiger partial charge in [-0.15, -0.1) is 11.3 Å². The van der Waals surface area contributed by atoms with E-state index in [2.05, 4.69) is 20.3 Å². The number of nitrogens with zero attached hydrogens (tertiary/aromatic N) is 4. The second-order valence-corrected chi connectivity index (χ2v) is 9.61. The molecular weight excluding hydrogens is 427 g/mol. The molecule has 2 aliphatic heterocycles. The zero-order valence-electron chi connectivity index (χ0n) is 16.5. The Bertz CT molecular complexity index is 1170. The van der Waals surface area contributed by atoms with Gasteiger partial charge in [0.2, 0.25) is 0 Å². The van der Waals surface area contributed by atoms with Gasteiger partial charge in [-0.25, -0.2) is 4.98 Å². The lowest BCUT2D eigenvalue weighted by Crippen LogP contribution is -2.64. The molecule has 162 valence electrons. The number of rotatable bonds is 4. The second kappa shape index (κ2) is 6.52. The maximum Gasteiger partial charge on any atom is 0.408 e. The minimum absolute atomic E-state index is 0.0220. The molecule has 1 aromatic carbocycles. The van der Waals surface area contributed by atoms with Gasteiger partial charge >= 0.3 is 6.18 Å². The van der Waals surface area contributed by atoms with Crippen molar-refractivity contribution in [3.05, 3.63) is 35.5 Å². The fraction of sp³-hybridized carbons (Fsp3) is 0.476. The van der Waals surface area contributed by atoms with Crippen LogP contribution in [-0.4, -0.2) is 56.4 Å². The van der Waals surface area contributed by atoms with Crippen molar-refractivity contribution in [3.63, 3.8) is 0 Å². The third-order valence-electron chi connectivity index (χ3n) is 7.22. The molecule has 3 fully saturated rings. The Hall–Kier alpha value is -2.46. The van der Waals surface area contributed by atoms with Crippen LogP contribution in [0, 0.1) is 5.92 Å². The first-order valence-corrected chi connectivity index (χ1v) is 11.3. The predicted octanol–water partition coefficient (Wildman–Crippen LogP) is 3.69. The van der Waals surface area contributed by atoms with Gasteiger partial charge in [-0.1, -0.05) is 0 Å². The Labute approximate surface area is 180 Å². The van der Waals surface area contributed by atoms with Crippen LogP contribution in [-0.2, 0) is 6.54 Å². The van der Waals surface area contributed by atoms with E-state index < -0.39 is 18.6 Å². The maximum atomic E-state index is 13.2. The Morgan fingerprint density at radius 3 is 2.81 bits per heavy atom. The third-order valence-corrected chi connectivity index (χ3v) is 8.04. The molecule has 2 aromatic heterocycles. The van der Waals surface area contributed by atoms with Crippen LogP contribution in [0.1, 0.15) is 29.8 Å². The number of alkyl halides is 3. The molecule has 10 heteroatoms. The topological polar surface area (TPSA) is 63.1 Å². The zero-order valence-corrected chi connectivity index (χ0v) is 17.3. The molecule has 3 aliphatic rings. The summed E-state index contributed by atoms with van der Waals surface area (Å²) in [4.78, 5) is 19.9. The van der Waals surface area contributed by atoms with Gasteiger partial charge < -0.3 is 5.32 Å². The lowest BCUT2D eigenvalue weighted by atomic mass is 9.61. The van der Waals surface area contributed by atoms with Gasteiger partial charge in [0.15, 0.2) is 5.69 Å². The van der Waals surface area contributed by atoms with E-state index in [4.69, 9.17) is 0 Å². The maximum absolute atomic E-state index is 13.2. The summed E-state index contributed by atoms with van der Waals surface area (Å²) in [6.07, 6.45) is 0.660. The number of halogens is 3. The van der Waals surface area contributed by atoms with E-state index in [0.29, 0.717) is 11.3 Å². The highest BCUT2D eigenvalue weighted by Crippen LogP contribution is 2.57. The predicted molar refractivity (Wildman–Crippen MR) is 110 cm³/mol. The Kier molecular flexibility index (Phi) is 4.05. The number of fused-ring (bicyclic) bond motifs is 1. The second-order valence-electron chi connectivity index (χ2n) is 8.72. The normalized spacial score (nSPS) is 27.5. The smallest absolute Gasteiger partial charge is 0.346 e. The number of thiazole rings is 1. The number of hydrogen-bond donors (Lipinski definition) is 1. The van der Waals surface area contributed by atoms with Gasteiger partial charge in [-0.05, 0) is 43.4 Å². The number of carbonyl (C=O) groups excluding carboxylic acids is 1. The summed E-state index contributed by atoms with van der Waals surface area (Å²) >= 11 is 1.43. The van der Waals surface area contributed by atoms with Crippen LogP contribution in [0.4, 0.5) is 13.2 Å². The zero-order chi connectivity index (χ0) is 21.4. The van der Waals surface area contributed by atoms with E-state index >= 15 is 0 Å². The highest BCUT2D eigenvalue weighted by Gasteiger charge is 2.63. The first-order chi connectivity index (χ1) is 14.8. The monoisotopic (exact) mass is 447 g/mol. The van der Waals surface area contributed by atoms with Crippen LogP contribution < -0.4 is 5.32 Å². The van der Waals surface area contributed by atoms with Crippen LogP contribution >= 0.6 is 11.3 Å². The number of amides is 1. The van der Waals surface area contributed by atoms with Crippen molar-refractivity contribution >= 4 is 28.1 Å². The first-order valence-electron chi connectivity index (χ1n) is 10.4. The van der Waals surface area contributed by atoms with Crippen LogP contribution in [0.15, 0.2) is 29.8 Å². The van der Waals surface area contributed by atoms with Crippen molar-refractivity contribution in [3.8, 4) is 10.6 Å². The molecule has 6 rings (SSSR count). The standard InChI is InChI=1S/C21H20F3N5OS/c22-21(23,24)11-29-16-2-1-12(19-25-6-8-31-19)9-13(16)17(27-29)18(30)26-15-10-28-7-5-20(28)4-3-14(15)20/h1-2,6,8-9,14-15H,3-5,7,10-11H2,(H,26,30)/t14-,15-,20?/m1/s1. The van der Waals surface area contributed by atoms with Crippen molar-refractivity contribution in [2.24, 2.45) is 5.92 Å². The van der Waals surface area contributed by atoms with E-state index in [-0.39, 0.29) is 22.8 Å². The Balaban J connectivity index is 1.36. The third kappa shape index (κ3) is 2.91. The van der Waals surface area contributed by atoms with Gasteiger partial charge in [0.25, 0.3) is 5.91 Å². The van der Waals surface area contributed by atoms with E-state index in [0.717, 1.165) is 34.8 Å². The molecule has 1 amide bonds. The van der Waals surface area contributed by atoms with Crippen molar-refractivity contribution < 1.29 is 18.0 Å². The van der Waals surface area contributed by atoms with Crippen LogP contribution in [0.3, 0.4) is 0 Å². The SMILES string of the molecule is O=C(N[C@@H]1CN2CCC23CC[C@H]13)c1nn(CC(F)(F)F)c2ccc(-c3nccs3)cc12. The van der Waals surface area contributed by atoms with E-state index in [9.17, 15) is 18.0 Å². The molecule has 1 N–H and O–H groups in total. The molecule has 2 saturated heterocycles. The molecule has 1 spiro atoms. The average Bonchev–Trinajstić information content (AvgIpc) is 3.33. The fourth-order valence-electron chi connectivity index (χ4n) is 5.64. The molecule has 31 heavy (non-hydrogen) atoms. The quantitative estimate of drug-likeness (QED) is 0.663. The molecule has 0 radical (unpaired) electrons. The minimum Gasteiger partial charge on any atom is -0.346 e. The number of carbonyl (C=O) groups is 1. The average molecular weight is 447 g/mol. The Morgan fingerprint density at radius 1 is 1.32 bits per heavy atom. The minimum atomic E-state index is -4.43. The summed E-state index contributed by atoms with van der Waals surface area (Å²) in [5, 5.41) is 10.2. The molecule has 1 aliphatic carbocycles. The summed E-state index contributed by atoms with van der Waals surface area (Å²) in [5.74, 6) is 0.0244. The molecule has 0 bridgehead atoms. The molecule has 1 unspecified atom stereocenters. The number of aromatic nitrogens is 3. The molecule has 3 aromatic rings. The highest BCUT2D eigenvalue weighted by atomic mass is 32.1. The van der Waals surface area contributed by atoms with Gasteiger partial charge in [0, 0.05) is 47.2 Å². The van der Waals surface area contributed by atoms with Crippen LogP contribution in [0.25, 0.3) is 21.5 Å². The summed E-state index contributed by atoms with van der Waals surface area (Å²) in [6, 6.07) is 5.05. The fourth-order valence-corrected chi connectivity index (χ4v) is 6.27. The number of hydrogen-bond acceptors (Lipinski definition) is 5. The highest BCUT2D eigenvalue weighted by molar-refractivity contribution is 7.13. The van der Waals surface area contributed by atoms with E-state index in [1.807, 2.05) is 5.38 Å². The summed E-state index contributed by atoms with van der Waals surface area (Å²) in [5.41, 5.74) is 1.35. The number of nitrogens with one attached hydrogen (secondary N) is 1. The van der Waals surface area contributed by atoms with Gasteiger partial charge in [-0.2, -0.15) is 18.3 Å². The molecule has 1 saturated carbocycles. The van der Waals surface area contributed by atoms with Crippen molar-refractivity contribution in [2.45, 2.75) is 43.6 Å². The van der Waals surface area contributed by atoms with Crippen LogP contribution in [0.5, 0.6) is 0 Å². The van der Waals surface area contributed by atoms with E-state index in [1.54, 1.807) is 24.4 Å². The summed E-state index contributed by atoms with van der Waals surface area (Å²) in [6.45, 7) is 0.626. The summed E-state index contributed by atoms with van der Waals surface area (Å²) < 4.78 is 40.3. The summed E-state index contributed by atoms with van der Waals surface area (Å²) in [7, 11) is 0. The van der Waals surface area contributed by atoms with Crippen molar-refractivity contribution in [2.75, 3.05) is 13.1 Å². The molecular formula is C21H20F3N5OS. The van der Waals surface area contributed by atoms with Crippen LogP contribution in [0.2, 0.25) is 0 Å². The van der Waals surface area contributed by atoms with Gasteiger partial charge in [0.1, 0.15) is 11.6 Å².